The number of hydrogen-bond donors (Lipinski definition) is 0. The third-order valence-electron chi connectivity index (χ3n) is 1.88. The van der Waals surface area contributed by atoms with Gasteiger partial charge in [-0.3, -0.25) is 4.79 Å². The predicted molar refractivity (Wildman–Crippen MR) is 46.1 cm³/mol. The fraction of sp³-hybridized carbons (Fsp3) is 0.300. The molecule has 0 aliphatic heterocycles. The van der Waals surface area contributed by atoms with E-state index in [0.29, 0.717) is 11.8 Å². The van der Waals surface area contributed by atoms with Crippen molar-refractivity contribution in [3.8, 4) is 0 Å². The molecule has 58 valence electrons. The SMILES string of the molecule is CC1C=CC=CC1/C=C/C=O. The van der Waals surface area contributed by atoms with Crippen molar-refractivity contribution in [3.63, 3.8) is 0 Å². The van der Waals surface area contributed by atoms with Crippen molar-refractivity contribution in [2.45, 2.75) is 6.92 Å². The Hall–Kier alpha value is -1.11. The molecule has 1 nitrogen and oxygen atoms in total. The van der Waals surface area contributed by atoms with Crippen LogP contribution in [0.4, 0.5) is 0 Å². The van der Waals surface area contributed by atoms with Gasteiger partial charge in [0.1, 0.15) is 6.29 Å². The van der Waals surface area contributed by atoms with Crippen LogP contribution in [0.25, 0.3) is 0 Å². The summed E-state index contributed by atoms with van der Waals surface area (Å²) in [6, 6.07) is 0. The molecule has 1 heteroatoms. The number of rotatable bonds is 2. The minimum Gasteiger partial charge on any atom is -0.299 e. The normalized spacial score (nSPS) is 29.5. The minimum atomic E-state index is 0.394. The zero-order chi connectivity index (χ0) is 8.10. The van der Waals surface area contributed by atoms with Crippen LogP contribution in [0.5, 0.6) is 0 Å². The maximum Gasteiger partial charge on any atom is 0.142 e. The van der Waals surface area contributed by atoms with Gasteiger partial charge in [-0.15, -0.1) is 0 Å². The number of hydrogen-bond acceptors (Lipinski definition) is 1. The highest BCUT2D eigenvalue weighted by Gasteiger charge is 2.09. The van der Waals surface area contributed by atoms with E-state index in [9.17, 15) is 4.79 Å². The van der Waals surface area contributed by atoms with Gasteiger partial charge in [0, 0.05) is 5.92 Å². The first-order chi connectivity index (χ1) is 5.34. The standard InChI is InChI=1S/C10H12O/c1-9-5-2-3-6-10(9)7-4-8-11/h2-10H,1H3/b7-4+. The summed E-state index contributed by atoms with van der Waals surface area (Å²) in [4.78, 5) is 10.0. The summed E-state index contributed by atoms with van der Waals surface area (Å²) < 4.78 is 0. The van der Waals surface area contributed by atoms with E-state index >= 15 is 0 Å². The average Bonchev–Trinajstić information content (AvgIpc) is 2.03. The van der Waals surface area contributed by atoms with Crippen molar-refractivity contribution in [2.24, 2.45) is 11.8 Å². The first kappa shape index (κ1) is 7.99. The Morgan fingerprint density at radius 2 is 2.00 bits per heavy atom. The summed E-state index contributed by atoms with van der Waals surface area (Å²) in [5, 5.41) is 0. The van der Waals surface area contributed by atoms with Gasteiger partial charge in [-0.05, 0) is 12.0 Å². The maximum absolute atomic E-state index is 10.0. The molecule has 0 radical (unpaired) electrons. The Bertz CT molecular complexity index is 211. The molecule has 11 heavy (non-hydrogen) atoms. The highest BCUT2D eigenvalue weighted by molar-refractivity contribution is 5.64. The molecule has 2 atom stereocenters. The van der Waals surface area contributed by atoms with E-state index in [1.54, 1.807) is 6.08 Å². The maximum atomic E-state index is 10.0. The summed E-state index contributed by atoms with van der Waals surface area (Å²) in [7, 11) is 0. The Balaban J connectivity index is 2.58. The average molecular weight is 148 g/mol. The summed E-state index contributed by atoms with van der Waals surface area (Å²) in [5.41, 5.74) is 0. The van der Waals surface area contributed by atoms with Crippen molar-refractivity contribution in [3.05, 3.63) is 36.5 Å². The summed E-state index contributed by atoms with van der Waals surface area (Å²) >= 11 is 0. The zero-order valence-electron chi connectivity index (χ0n) is 6.60. The van der Waals surface area contributed by atoms with Crippen LogP contribution in [-0.2, 0) is 4.79 Å². The molecule has 0 bridgehead atoms. The van der Waals surface area contributed by atoms with E-state index < -0.39 is 0 Å². The van der Waals surface area contributed by atoms with Gasteiger partial charge < -0.3 is 0 Å². The molecule has 0 saturated heterocycles. The summed E-state index contributed by atoms with van der Waals surface area (Å²) in [6.45, 7) is 2.14. The Morgan fingerprint density at radius 3 is 2.64 bits per heavy atom. The highest BCUT2D eigenvalue weighted by Crippen LogP contribution is 2.19. The van der Waals surface area contributed by atoms with Crippen LogP contribution >= 0.6 is 0 Å². The number of aldehydes is 1. The monoisotopic (exact) mass is 148 g/mol. The van der Waals surface area contributed by atoms with Crippen molar-refractivity contribution >= 4 is 6.29 Å². The van der Waals surface area contributed by atoms with Crippen molar-refractivity contribution in [1.82, 2.24) is 0 Å². The zero-order valence-corrected chi connectivity index (χ0v) is 6.60. The second kappa shape index (κ2) is 3.91. The van der Waals surface area contributed by atoms with Crippen molar-refractivity contribution < 1.29 is 4.79 Å². The Kier molecular flexibility index (Phi) is 2.84. The molecule has 0 fully saturated rings. The lowest BCUT2D eigenvalue weighted by atomic mass is 9.90. The van der Waals surface area contributed by atoms with Crippen LogP contribution in [0.1, 0.15) is 6.92 Å². The van der Waals surface area contributed by atoms with Crippen LogP contribution < -0.4 is 0 Å². The van der Waals surface area contributed by atoms with Gasteiger partial charge >= 0.3 is 0 Å². The lowest BCUT2D eigenvalue weighted by molar-refractivity contribution is -0.104. The van der Waals surface area contributed by atoms with E-state index in [4.69, 9.17) is 0 Å². The molecule has 0 amide bonds. The third-order valence-corrected chi connectivity index (χ3v) is 1.88. The van der Waals surface area contributed by atoms with E-state index in [1.807, 2.05) is 18.2 Å². The highest BCUT2D eigenvalue weighted by atomic mass is 16.1. The molecule has 0 spiro atoms. The van der Waals surface area contributed by atoms with E-state index in [0.717, 1.165) is 6.29 Å². The Morgan fingerprint density at radius 1 is 1.27 bits per heavy atom. The summed E-state index contributed by atoms with van der Waals surface area (Å²) in [5.74, 6) is 0.904. The third kappa shape index (κ3) is 2.19. The first-order valence-electron chi connectivity index (χ1n) is 3.81. The molecule has 0 aromatic carbocycles. The molecule has 0 aromatic heterocycles. The summed E-state index contributed by atoms with van der Waals surface area (Å²) in [6.07, 6.45) is 12.6. The van der Waals surface area contributed by atoms with Crippen LogP contribution in [0.3, 0.4) is 0 Å². The fourth-order valence-corrected chi connectivity index (χ4v) is 1.15. The molecule has 0 heterocycles. The molecular formula is C10H12O. The molecule has 1 rings (SSSR count). The molecule has 0 saturated carbocycles. The van der Waals surface area contributed by atoms with Crippen LogP contribution in [0.2, 0.25) is 0 Å². The van der Waals surface area contributed by atoms with Gasteiger partial charge in [-0.1, -0.05) is 37.3 Å². The second-order valence-corrected chi connectivity index (χ2v) is 2.73. The van der Waals surface area contributed by atoms with Gasteiger partial charge in [0.15, 0.2) is 0 Å². The Labute approximate surface area is 67.1 Å². The first-order valence-corrected chi connectivity index (χ1v) is 3.81. The second-order valence-electron chi connectivity index (χ2n) is 2.73. The van der Waals surface area contributed by atoms with Gasteiger partial charge in [-0.25, -0.2) is 0 Å². The van der Waals surface area contributed by atoms with Gasteiger partial charge in [-0.2, -0.15) is 0 Å². The van der Waals surface area contributed by atoms with Crippen LogP contribution in [-0.4, -0.2) is 6.29 Å². The quantitative estimate of drug-likeness (QED) is 0.433. The predicted octanol–water partition coefficient (Wildman–Crippen LogP) is 2.12. The minimum absolute atomic E-state index is 0.394. The topological polar surface area (TPSA) is 17.1 Å². The van der Waals surface area contributed by atoms with Gasteiger partial charge in [0.2, 0.25) is 0 Å². The molecule has 2 unspecified atom stereocenters. The molecule has 0 aromatic rings. The van der Waals surface area contributed by atoms with Crippen LogP contribution in [0.15, 0.2) is 36.5 Å². The van der Waals surface area contributed by atoms with E-state index in [2.05, 4.69) is 19.1 Å². The molecule has 0 N–H and O–H groups in total. The van der Waals surface area contributed by atoms with E-state index in [-0.39, 0.29) is 0 Å². The largest absolute Gasteiger partial charge is 0.299 e. The fourth-order valence-electron chi connectivity index (χ4n) is 1.15. The molecule has 1 aliphatic carbocycles. The lowest BCUT2D eigenvalue weighted by Gasteiger charge is -2.15. The molecule has 1 aliphatic rings. The van der Waals surface area contributed by atoms with Gasteiger partial charge in [0.25, 0.3) is 0 Å². The van der Waals surface area contributed by atoms with Crippen LogP contribution in [0, 0.1) is 11.8 Å². The van der Waals surface area contributed by atoms with Crippen molar-refractivity contribution in [2.75, 3.05) is 0 Å². The number of carbonyl (C=O) groups is 1. The van der Waals surface area contributed by atoms with E-state index in [1.165, 1.54) is 0 Å². The number of allylic oxidation sites excluding steroid dienone is 6. The smallest absolute Gasteiger partial charge is 0.142 e. The van der Waals surface area contributed by atoms with Gasteiger partial charge in [0.05, 0.1) is 0 Å². The molecular weight excluding hydrogens is 136 g/mol. The van der Waals surface area contributed by atoms with Crippen molar-refractivity contribution in [1.29, 1.82) is 0 Å². The lowest BCUT2D eigenvalue weighted by Crippen LogP contribution is -2.05. The number of carbonyl (C=O) groups excluding carboxylic acids is 1.